The lowest BCUT2D eigenvalue weighted by atomic mass is 10.2. The van der Waals surface area contributed by atoms with Gasteiger partial charge in [0, 0.05) is 0 Å². The first-order valence-electron chi connectivity index (χ1n) is 6.25. The van der Waals surface area contributed by atoms with Crippen molar-refractivity contribution >= 4 is 17.5 Å². The van der Waals surface area contributed by atoms with Gasteiger partial charge in [-0.15, -0.1) is 0 Å². The second-order valence-electron chi connectivity index (χ2n) is 4.11. The van der Waals surface area contributed by atoms with Crippen molar-refractivity contribution < 1.29 is 19.5 Å². The van der Waals surface area contributed by atoms with Crippen molar-refractivity contribution in [2.75, 3.05) is 13.2 Å². The van der Waals surface area contributed by atoms with Crippen molar-refractivity contribution in [3.05, 3.63) is 59.1 Å². The Bertz CT molecular complexity index is 604. The Balaban J connectivity index is 1.73. The SMILES string of the molecule is O=C(NOCCOc1ccccc1)c1cc(O)ccc1Cl. The molecule has 0 spiro atoms. The molecule has 0 aliphatic carbocycles. The molecule has 2 N–H and O–H groups in total. The maximum absolute atomic E-state index is 11.8. The highest BCUT2D eigenvalue weighted by Gasteiger charge is 2.11. The number of para-hydroxylation sites is 1. The highest BCUT2D eigenvalue weighted by molar-refractivity contribution is 6.33. The molecular formula is C15H14ClNO4. The zero-order valence-electron chi connectivity index (χ0n) is 11.1. The van der Waals surface area contributed by atoms with Crippen LogP contribution in [0.5, 0.6) is 11.5 Å². The molecule has 1 amide bonds. The number of rotatable bonds is 6. The number of halogens is 1. The summed E-state index contributed by atoms with van der Waals surface area (Å²) in [4.78, 5) is 16.8. The molecule has 0 aliphatic heterocycles. The largest absolute Gasteiger partial charge is 0.508 e. The topological polar surface area (TPSA) is 67.8 Å². The molecule has 0 heterocycles. The van der Waals surface area contributed by atoms with E-state index in [9.17, 15) is 9.90 Å². The first-order valence-corrected chi connectivity index (χ1v) is 6.63. The molecule has 0 aromatic heterocycles. The van der Waals surface area contributed by atoms with Gasteiger partial charge in [0.25, 0.3) is 5.91 Å². The van der Waals surface area contributed by atoms with Gasteiger partial charge < -0.3 is 9.84 Å². The zero-order chi connectivity index (χ0) is 15.1. The van der Waals surface area contributed by atoms with E-state index in [0.717, 1.165) is 5.75 Å². The van der Waals surface area contributed by atoms with Gasteiger partial charge in [0.1, 0.15) is 24.7 Å². The maximum Gasteiger partial charge on any atom is 0.276 e. The predicted octanol–water partition coefficient (Wildman–Crippen LogP) is 2.79. The second kappa shape index (κ2) is 7.52. The minimum absolute atomic E-state index is 0.0445. The van der Waals surface area contributed by atoms with E-state index in [1.807, 2.05) is 30.3 Å². The molecule has 21 heavy (non-hydrogen) atoms. The molecule has 0 unspecified atom stereocenters. The third-order valence-corrected chi connectivity index (χ3v) is 2.89. The minimum atomic E-state index is -0.532. The van der Waals surface area contributed by atoms with Crippen LogP contribution in [0.2, 0.25) is 5.02 Å². The minimum Gasteiger partial charge on any atom is -0.508 e. The van der Waals surface area contributed by atoms with Crippen LogP contribution in [-0.2, 0) is 4.84 Å². The van der Waals surface area contributed by atoms with E-state index in [0.29, 0.717) is 0 Å². The molecule has 5 nitrogen and oxygen atoms in total. The van der Waals surface area contributed by atoms with Crippen molar-refractivity contribution in [2.45, 2.75) is 0 Å². The number of hydroxylamine groups is 1. The molecule has 2 aromatic rings. The van der Waals surface area contributed by atoms with Gasteiger partial charge in [-0.05, 0) is 30.3 Å². The molecule has 0 bridgehead atoms. The van der Waals surface area contributed by atoms with Crippen LogP contribution < -0.4 is 10.2 Å². The first-order chi connectivity index (χ1) is 10.2. The van der Waals surface area contributed by atoms with Crippen molar-refractivity contribution in [3.8, 4) is 11.5 Å². The molecule has 0 fully saturated rings. The van der Waals surface area contributed by atoms with E-state index in [4.69, 9.17) is 21.2 Å². The summed E-state index contributed by atoms with van der Waals surface area (Å²) in [6, 6.07) is 13.4. The lowest BCUT2D eigenvalue weighted by molar-refractivity contribution is 0.0200. The number of phenols is 1. The molecular weight excluding hydrogens is 294 g/mol. The van der Waals surface area contributed by atoms with E-state index >= 15 is 0 Å². The molecule has 0 saturated heterocycles. The molecule has 0 saturated carbocycles. The number of aromatic hydroxyl groups is 1. The Hall–Kier alpha value is -2.24. The molecule has 0 atom stereocenters. The highest BCUT2D eigenvalue weighted by atomic mass is 35.5. The van der Waals surface area contributed by atoms with E-state index in [-0.39, 0.29) is 29.5 Å². The average Bonchev–Trinajstić information content (AvgIpc) is 2.50. The van der Waals surface area contributed by atoms with E-state index in [1.54, 1.807) is 0 Å². The predicted molar refractivity (Wildman–Crippen MR) is 78.5 cm³/mol. The monoisotopic (exact) mass is 307 g/mol. The second-order valence-corrected chi connectivity index (χ2v) is 4.51. The quantitative estimate of drug-likeness (QED) is 0.636. The van der Waals surface area contributed by atoms with Gasteiger partial charge in [-0.3, -0.25) is 9.63 Å². The number of benzene rings is 2. The third-order valence-electron chi connectivity index (χ3n) is 2.56. The van der Waals surface area contributed by atoms with Crippen LogP contribution in [0.3, 0.4) is 0 Å². The Morgan fingerprint density at radius 2 is 1.90 bits per heavy atom. The zero-order valence-corrected chi connectivity index (χ0v) is 11.8. The number of amides is 1. The van der Waals surface area contributed by atoms with Crippen LogP contribution in [0.1, 0.15) is 10.4 Å². The fourth-order valence-corrected chi connectivity index (χ4v) is 1.78. The van der Waals surface area contributed by atoms with Crippen molar-refractivity contribution in [1.82, 2.24) is 5.48 Å². The lowest BCUT2D eigenvalue weighted by Crippen LogP contribution is -2.26. The molecule has 110 valence electrons. The van der Waals surface area contributed by atoms with Crippen molar-refractivity contribution in [1.29, 1.82) is 0 Å². The number of carbonyl (C=O) groups excluding carboxylic acids is 1. The summed E-state index contributed by atoms with van der Waals surface area (Å²) in [6.07, 6.45) is 0. The van der Waals surface area contributed by atoms with Gasteiger partial charge in [0.2, 0.25) is 0 Å². The molecule has 6 heteroatoms. The van der Waals surface area contributed by atoms with Gasteiger partial charge in [-0.2, -0.15) is 0 Å². The number of nitrogens with one attached hydrogen (secondary N) is 1. The molecule has 2 aromatic carbocycles. The highest BCUT2D eigenvalue weighted by Crippen LogP contribution is 2.20. The van der Waals surface area contributed by atoms with Gasteiger partial charge in [0.05, 0.1) is 10.6 Å². The average molecular weight is 308 g/mol. The number of hydrogen-bond acceptors (Lipinski definition) is 4. The maximum atomic E-state index is 11.8. The van der Waals surface area contributed by atoms with Crippen LogP contribution >= 0.6 is 11.6 Å². The number of ether oxygens (including phenoxy) is 1. The van der Waals surface area contributed by atoms with Crippen LogP contribution in [0.25, 0.3) is 0 Å². The lowest BCUT2D eigenvalue weighted by Gasteiger charge is -2.08. The molecule has 0 aliphatic rings. The summed E-state index contributed by atoms with van der Waals surface area (Å²) in [5, 5.41) is 9.55. The van der Waals surface area contributed by atoms with Gasteiger partial charge in [-0.1, -0.05) is 29.8 Å². The van der Waals surface area contributed by atoms with Crippen molar-refractivity contribution in [3.63, 3.8) is 0 Å². The first kappa shape index (κ1) is 15.2. The van der Waals surface area contributed by atoms with Crippen LogP contribution in [0, 0.1) is 0 Å². The summed E-state index contributed by atoms with van der Waals surface area (Å²) >= 11 is 5.86. The number of phenolic OH excluding ortho intramolecular Hbond substituents is 1. The summed E-state index contributed by atoms with van der Waals surface area (Å²) in [7, 11) is 0. The van der Waals surface area contributed by atoms with Gasteiger partial charge in [0.15, 0.2) is 0 Å². The van der Waals surface area contributed by atoms with E-state index < -0.39 is 5.91 Å². The molecule has 0 radical (unpaired) electrons. The summed E-state index contributed by atoms with van der Waals surface area (Å²) in [5.41, 5.74) is 2.38. The van der Waals surface area contributed by atoms with E-state index in [2.05, 4.69) is 5.48 Å². The van der Waals surface area contributed by atoms with Gasteiger partial charge >= 0.3 is 0 Å². The molecule has 2 rings (SSSR count). The number of carbonyl (C=O) groups is 1. The van der Waals surface area contributed by atoms with Crippen LogP contribution in [0.4, 0.5) is 0 Å². The van der Waals surface area contributed by atoms with E-state index in [1.165, 1.54) is 18.2 Å². The number of hydrogen-bond donors (Lipinski definition) is 2. The normalized spacial score (nSPS) is 10.1. The smallest absolute Gasteiger partial charge is 0.276 e. The Morgan fingerprint density at radius 3 is 2.67 bits per heavy atom. The summed E-state index contributed by atoms with van der Waals surface area (Å²) in [5.74, 6) is 0.149. The fourth-order valence-electron chi connectivity index (χ4n) is 1.58. The summed E-state index contributed by atoms with van der Waals surface area (Å²) in [6.45, 7) is 0.467. The van der Waals surface area contributed by atoms with Crippen molar-refractivity contribution in [2.24, 2.45) is 0 Å². The fraction of sp³-hybridized carbons (Fsp3) is 0.133. The Labute approximate surface area is 127 Å². The Kier molecular flexibility index (Phi) is 5.43. The third kappa shape index (κ3) is 4.66. The Morgan fingerprint density at radius 1 is 1.14 bits per heavy atom. The summed E-state index contributed by atoms with van der Waals surface area (Å²) < 4.78 is 5.39. The van der Waals surface area contributed by atoms with Crippen LogP contribution in [-0.4, -0.2) is 24.2 Å². The standard InChI is InChI=1S/C15H14ClNO4/c16-14-7-6-11(18)10-13(14)15(19)17-21-9-8-20-12-4-2-1-3-5-12/h1-7,10,18H,8-9H2,(H,17,19). The van der Waals surface area contributed by atoms with Crippen LogP contribution in [0.15, 0.2) is 48.5 Å². The van der Waals surface area contributed by atoms with Gasteiger partial charge in [-0.25, -0.2) is 5.48 Å².